The predicted molar refractivity (Wildman–Crippen MR) is 67.0 cm³/mol. The van der Waals surface area contributed by atoms with Gasteiger partial charge in [-0.1, -0.05) is 6.07 Å². The summed E-state index contributed by atoms with van der Waals surface area (Å²) in [4.78, 5) is 5.06. The molecule has 0 radical (unpaired) electrons. The molecule has 6 heteroatoms. The molecule has 18 heavy (non-hydrogen) atoms. The van der Waals surface area contributed by atoms with Gasteiger partial charge in [-0.25, -0.2) is 13.8 Å². The molecule has 0 saturated heterocycles. The van der Waals surface area contributed by atoms with E-state index in [9.17, 15) is 8.78 Å². The molecule has 3 N–H and O–H groups in total. The van der Waals surface area contributed by atoms with E-state index in [0.29, 0.717) is 12.0 Å². The van der Waals surface area contributed by atoms with E-state index in [4.69, 9.17) is 5.84 Å². The fourth-order valence-corrected chi connectivity index (χ4v) is 2.53. The number of halogens is 2. The Labute approximate surface area is 108 Å². The summed E-state index contributed by atoms with van der Waals surface area (Å²) in [5.41, 5.74) is 3.05. The lowest BCUT2D eigenvalue weighted by molar-refractivity contribution is 0.526. The van der Waals surface area contributed by atoms with Gasteiger partial charge in [0, 0.05) is 17.1 Å². The number of benzene rings is 1. The predicted octanol–water partition coefficient (Wildman–Crippen LogP) is 2.48. The first-order valence-electron chi connectivity index (χ1n) is 5.42. The van der Waals surface area contributed by atoms with Crippen molar-refractivity contribution < 1.29 is 8.78 Å². The van der Waals surface area contributed by atoms with Crippen LogP contribution >= 0.6 is 11.3 Å². The molecule has 3 nitrogen and oxygen atoms in total. The molecule has 96 valence electrons. The lowest BCUT2D eigenvalue weighted by atomic mass is 10.0. The third kappa shape index (κ3) is 2.90. The van der Waals surface area contributed by atoms with E-state index in [1.807, 2.05) is 6.92 Å². The topological polar surface area (TPSA) is 50.9 Å². The minimum absolute atomic E-state index is 0.226. The first-order chi connectivity index (χ1) is 8.60. The molecule has 2 rings (SSSR count). The van der Waals surface area contributed by atoms with Crippen LogP contribution in [0.1, 0.15) is 21.5 Å². The highest BCUT2D eigenvalue weighted by Crippen LogP contribution is 2.24. The zero-order valence-electron chi connectivity index (χ0n) is 9.78. The Balaban J connectivity index is 2.20. The van der Waals surface area contributed by atoms with Gasteiger partial charge in [-0.05, 0) is 25.0 Å². The standard InChI is InChI=1S/C12H13F2N3S/c1-7-16-6-12(18-7)11(17-15)4-8-2-3-9(13)5-10(8)14/h2-3,5-6,11,17H,4,15H2,1H3. The smallest absolute Gasteiger partial charge is 0.129 e. The van der Waals surface area contributed by atoms with E-state index >= 15 is 0 Å². The zero-order chi connectivity index (χ0) is 13.1. The van der Waals surface area contributed by atoms with Crippen LogP contribution in [0.5, 0.6) is 0 Å². The minimum Gasteiger partial charge on any atom is -0.271 e. The third-order valence-electron chi connectivity index (χ3n) is 2.62. The summed E-state index contributed by atoms with van der Waals surface area (Å²) in [6, 6.07) is 3.32. The fourth-order valence-electron chi connectivity index (χ4n) is 1.69. The van der Waals surface area contributed by atoms with Gasteiger partial charge in [0.1, 0.15) is 11.6 Å². The van der Waals surface area contributed by atoms with E-state index in [1.54, 1.807) is 6.20 Å². The largest absolute Gasteiger partial charge is 0.271 e. The third-order valence-corrected chi connectivity index (χ3v) is 3.65. The average Bonchev–Trinajstić information content (AvgIpc) is 2.75. The lowest BCUT2D eigenvalue weighted by Gasteiger charge is -2.14. The quantitative estimate of drug-likeness (QED) is 0.662. The Kier molecular flexibility index (Phi) is 4.00. The Morgan fingerprint density at radius 2 is 2.22 bits per heavy atom. The van der Waals surface area contributed by atoms with Crippen LogP contribution in [0.2, 0.25) is 0 Å². The van der Waals surface area contributed by atoms with Crippen LogP contribution in [0.15, 0.2) is 24.4 Å². The van der Waals surface area contributed by atoms with Gasteiger partial charge >= 0.3 is 0 Å². The van der Waals surface area contributed by atoms with Crippen LogP contribution in [0.3, 0.4) is 0 Å². The van der Waals surface area contributed by atoms with E-state index in [2.05, 4.69) is 10.4 Å². The number of nitrogens with one attached hydrogen (secondary N) is 1. The Morgan fingerprint density at radius 3 is 2.78 bits per heavy atom. The normalized spacial score (nSPS) is 12.7. The highest BCUT2D eigenvalue weighted by atomic mass is 32.1. The van der Waals surface area contributed by atoms with Crippen molar-refractivity contribution in [1.29, 1.82) is 0 Å². The van der Waals surface area contributed by atoms with Crippen LogP contribution in [0.4, 0.5) is 8.78 Å². The first kappa shape index (κ1) is 13.1. The van der Waals surface area contributed by atoms with Crippen molar-refractivity contribution in [3.63, 3.8) is 0 Å². The minimum atomic E-state index is -0.581. The summed E-state index contributed by atoms with van der Waals surface area (Å²) in [6.45, 7) is 1.89. The molecule has 0 aliphatic heterocycles. The monoisotopic (exact) mass is 269 g/mol. The fraction of sp³-hybridized carbons (Fsp3) is 0.250. The number of hydrazine groups is 1. The number of nitrogens with zero attached hydrogens (tertiary/aromatic N) is 1. The van der Waals surface area contributed by atoms with Gasteiger partial charge in [0.15, 0.2) is 0 Å². The van der Waals surface area contributed by atoms with Crippen LogP contribution in [0, 0.1) is 18.6 Å². The molecular weight excluding hydrogens is 256 g/mol. The van der Waals surface area contributed by atoms with E-state index in [1.165, 1.54) is 23.5 Å². The molecule has 1 atom stereocenters. The molecular formula is C12H13F2N3S. The Bertz CT molecular complexity index is 542. The molecule has 1 heterocycles. The number of hydrogen-bond acceptors (Lipinski definition) is 4. The van der Waals surface area contributed by atoms with E-state index in [0.717, 1.165) is 16.0 Å². The van der Waals surface area contributed by atoms with Crippen LogP contribution in [-0.2, 0) is 6.42 Å². The lowest BCUT2D eigenvalue weighted by Crippen LogP contribution is -2.29. The van der Waals surface area contributed by atoms with Crippen molar-refractivity contribution >= 4 is 11.3 Å². The van der Waals surface area contributed by atoms with Gasteiger partial charge in [0.05, 0.1) is 11.0 Å². The van der Waals surface area contributed by atoms with Crippen molar-refractivity contribution in [2.45, 2.75) is 19.4 Å². The average molecular weight is 269 g/mol. The molecule has 2 aromatic rings. The molecule has 0 spiro atoms. The second-order valence-corrected chi connectivity index (χ2v) is 5.21. The molecule has 0 amide bonds. The highest BCUT2D eigenvalue weighted by Gasteiger charge is 2.15. The van der Waals surface area contributed by atoms with Crippen molar-refractivity contribution in [3.8, 4) is 0 Å². The zero-order valence-corrected chi connectivity index (χ0v) is 10.6. The van der Waals surface area contributed by atoms with Crippen LogP contribution < -0.4 is 11.3 Å². The van der Waals surface area contributed by atoms with Gasteiger partial charge in [0.25, 0.3) is 0 Å². The summed E-state index contributed by atoms with van der Waals surface area (Å²) in [5, 5.41) is 0.921. The van der Waals surface area contributed by atoms with Crippen molar-refractivity contribution in [2.75, 3.05) is 0 Å². The Morgan fingerprint density at radius 1 is 1.44 bits per heavy atom. The first-order valence-corrected chi connectivity index (χ1v) is 6.24. The number of aromatic nitrogens is 1. The SMILES string of the molecule is Cc1ncc(C(Cc2ccc(F)cc2F)NN)s1. The van der Waals surface area contributed by atoms with Gasteiger partial charge in [-0.15, -0.1) is 11.3 Å². The summed E-state index contributed by atoms with van der Waals surface area (Å²) < 4.78 is 26.4. The maximum Gasteiger partial charge on any atom is 0.129 e. The Hall–Kier alpha value is -1.37. The van der Waals surface area contributed by atoms with E-state index < -0.39 is 11.6 Å². The second kappa shape index (κ2) is 5.51. The van der Waals surface area contributed by atoms with Gasteiger partial charge < -0.3 is 0 Å². The summed E-state index contributed by atoms with van der Waals surface area (Å²) >= 11 is 1.50. The van der Waals surface area contributed by atoms with Crippen molar-refractivity contribution in [2.24, 2.45) is 5.84 Å². The van der Waals surface area contributed by atoms with Crippen LogP contribution in [-0.4, -0.2) is 4.98 Å². The van der Waals surface area contributed by atoms with Gasteiger partial charge in [-0.2, -0.15) is 0 Å². The summed E-state index contributed by atoms with van der Waals surface area (Å²) in [5.74, 6) is 4.33. The van der Waals surface area contributed by atoms with Crippen molar-refractivity contribution in [3.05, 3.63) is 51.5 Å². The van der Waals surface area contributed by atoms with E-state index in [-0.39, 0.29) is 6.04 Å². The van der Waals surface area contributed by atoms with Gasteiger partial charge in [0.2, 0.25) is 0 Å². The molecule has 0 bridgehead atoms. The molecule has 1 aromatic carbocycles. The molecule has 0 aliphatic carbocycles. The molecule has 1 unspecified atom stereocenters. The summed E-state index contributed by atoms with van der Waals surface area (Å²) in [7, 11) is 0. The number of thiazole rings is 1. The maximum atomic E-state index is 13.5. The van der Waals surface area contributed by atoms with Crippen molar-refractivity contribution in [1.82, 2.24) is 10.4 Å². The molecule has 0 saturated carbocycles. The number of rotatable bonds is 4. The summed E-state index contributed by atoms with van der Waals surface area (Å²) in [6.07, 6.45) is 2.07. The number of aryl methyl sites for hydroxylation is 1. The molecule has 0 fully saturated rings. The number of hydrogen-bond donors (Lipinski definition) is 2. The highest BCUT2D eigenvalue weighted by molar-refractivity contribution is 7.11. The maximum absolute atomic E-state index is 13.5. The molecule has 1 aromatic heterocycles. The van der Waals surface area contributed by atoms with Gasteiger partial charge in [-0.3, -0.25) is 11.3 Å². The second-order valence-electron chi connectivity index (χ2n) is 3.94. The number of nitrogens with two attached hydrogens (primary N) is 1. The van der Waals surface area contributed by atoms with Crippen LogP contribution in [0.25, 0.3) is 0 Å². The molecule has 0 aliphatic rings.